The molecule has 0 bridgehead atoms. The maximum atomic E-state index is 13.0. The second kappa shape index (κ2) is 6.67. The van der Waals surface area contributed by atoms with Crippen LogP contribution in [0.2, 0.25) is 0 Å². The Balaban J connectivity index is 0.000000753. The topological polar surface area (TPSA) is 45.2 Å². The highest BCUT2D eigenvalue weighted by molar-refractivity contribution is 7.83. The molecule has 2 aliphatic rings. The van der Waals surface area contributed by atoms with Crippen molar-refractivity contribution >= 4 is 21.8 Å². The summed E-state index contributed by atoms with van der Waals surface area (Å²) in [5.74, 6) is 0.665. The van der Waals surface area contributed by atoms with E-state index in [9.17, 15) is 4.21 Å². The van der Waals surface area contributed by atoms with Gasteiger partial charge in [0.25, 0.3) is 0 Å². The van der Waals surface area contributed by atoms with Crippen molar-refractivity contribution in [1.82, 2.24) is 14.6 Å². The Hall–Kier alpha value is -1.30. The Kier molecular flexibility index (Phi) is 4.80. The number of rotatable bonds is 4. The molecular weight excluding hydrogens is 306 g/mol. The molecule has 1 aliphatic heterocycles. The van der Waals surface area contributed by atoms with E-state index in [0.717, 1.165) is 35.3 Å². The lowest BCUT2D eigenvalue weighted by Gasteiger charge is -2.20. The summed E-state index contributed by atoms with van der Waals surface area (Å²) in [7, 11) is -1.09. The summed E-state index contributed by atoms with van der Waals surface area (Å²) in [4.78, 5) is 5.05. The van der Waals surface area contributed by atoms with Gasteiger partial charge in [-0.05, 0) is 31.0 Å². The van der Waals surface area contributed by atoms with Crippen LogP contribution in [0, 0.1) is 5.92 Å². The third-order valence-corrected chi connectivity index (χ3v) is 6.19. The first kappa shape index (κ1) is 16.6. The van der Waals surface area contributed by atoms with Crippen molar-refractivity contribution in [1.29, 1.82) is 0 Å². The standard InChI is InChI=1S/C16H19N3OS.C2H6/c1-2-18-16-8-13(16)10-19(11-16)21(20)15-5-3-4-12-9-17-7-6-14(12)15;1-2/h3-7,9,13,18H,2,8,10-11H2,1H3;1-2H3. The minimum atomic E-state index is -1.09. The second-order valence-corrected chi connectivity index (χ2v) is 7.47. The van der Waals surface area contributed by atoms with E-state index in [1.807, 2.05) is 44.3 Å². The SMILES string of the molecule is CC.CCNC12CC1CN(S(=O)c1cccc3cnccc13)C2. The summed E-state index contributed by atoms with van der Waals surface area (Å²) >= 11 is 0. The lowest BCUT2D eigenvalue weighted by molar-refractivity contribution is 0.434. The number of aromatic nitrogens is 1. The van der Waals surface area contributed by atoms with Crippen LogP contribution in [-0.4, -0.2) is 38.7 Å². The molecule has 2 aromatic rings. The molecule has 1 saturated carbocycles. The predicted molar refractivity (Wildman–Crippen MR) is 95.6 cm³/mol. The van der Waals surface area contributed by atoms with Crippen LogP contribution >= 0.6 is 0 Å². The van der Waals surface area contributed by atoms with Gasteiger partial charge in [0.15, 0.2) is 0 Å². The van der Waals surface area contributed by atoms with Gasteiger partial charge in [-0.1, -0.05) is 32.9 Å². The fourth-order valence-corrected chi connectivity index (χ4v) is 5.08. The number of hydrogen-bond donors (Lipinski definition) is 1. The number of benzene rings is 1. The van der Waals surface area contributed by atoms with E-state index in [4.69, 9.17) is 0 Å². The minimum absolute atomic E-state index is 0.233. The van der Waals surface area contributed by atoms with E-state index in [1.165, 1.54) is 6.42 Å². The molecular formula is C18H25N3OS. The lowest BCUT2D eigenvalue weighted by atomic mass is 10.2. The van der Waals surface area contributed by atoms with Crippen LogP contribution in [0.3, 0.4) is 0 Å². The van der Waals surface area contributed by atoms with Gasteiger partial charge in [-0.25, -0.2) is 8.51 Å². The zero-order chi connectivity index (χ0) is 16.4. The van der Waals surface area contributed by atoms with Crippen molar-refractivity contribution in [3.8, 4) is 0 Å². The Morgan fingerprint density at radius 2 is 2.22 bits per heavy atom. The van der Waals surface area contributed by atoms with Crippen LogP contribution < -0.4 is 5.32 Å². The molecule has 2 fully saturated rings. The van der Waals surface area contributed by atoms with Crippen molar-refractivity contribution in [3.63, 3.8) is 0 Å². The molecule has 1 aromatic heterocycles. The van der Waals surface area contributed by atoms with Gasteiger partial charge in [0, 0.05) is 41.8 Å². The molecule has 0 amide bonds. The molecule has 23 heavy (non-hydrogen) atoms. The maximum Gasteiger partial charge on any atom is 0.128 e. The highest BCUT2D eigenvalue weighted by atomic mass is 32.2. The van der Waals surface area contributed by atoms with Gasteiger partial charge in [0.2, 0.25) is 0 Å². The van der Waals surface area contributed by atoms with Gasteiger partial charge < -0.3 is 5.32 Å². The summed E-state index contributed by atoms with van der Waals surface area (Å²) in [5.41, 5.74) is 0.233. The second-order valence-electron chi connectivity index (χ2n) is 6.01. The van der Waals surface area contributed by atoms with Crippen LogP contribution in [0.1, 0.15) is 27.2 Å². The minimum Gasteiger partial charge on any atom is -0.310 e. The first-order valence-corrected chi connectivity index (χ1v) is 9.59. The van der Waals surface area contributed by atoms with Crippen LogP contribution in [-0.2, 0) is 11.0 Å². The van der Waals surface area contributed by atoms with E-state index in [1.54, 1.807) is 6.20 Å². The molecule has 4 rings (SSSR count). The van der Waals surface area contributed by atoms with Gasteiger partial charge in [-0.15, -0.1) is 0 Å². The average Bonchev–Trinajstić information content (AvgIpc) is 3.15. The number of piperidine rings is 1. The van der Waals surface area contributed by atoms with E-state index in [-0.39, 0.29) is 5.54 Å². The highest BCUT2D eigenvalue weighted by Gasteiger charge is 2.60. The number of nitrogens with one attached hydrogen (secondary N) is 1. The number of nitrogens with zero attached hydrogens (tertiary/aromatic N) is 2. The number of pyridine rings is 1. The summed E-state index contributed by atoms with van der Waals surface area (Å²) in [6, 6.07) is 7.92. The molecule has 1 saturated heterocycles. The molecule has 2 heterocycles. The zero-order valence-corrected chi connectivity index (χ0v) is 14.9. The van der Waals surface area contributed by atoms with Crippen LogP contribution in [0.25, 0.3) is 10.8 Å². The monoisotopic (exact) mass is 331 g/mol. The number of hydrogen-bond acceptors (Lipinski definition) is 3. The van der Waals surface area contributed by atoms with E-state index in [0.29, 0.717) is 5.92 Å². The average molecular weight is 331 g/mol. The van der Waals surface area contributed by atoms with E-state index in [2.05, 4.69) is 21.5 Å². The Morgan fingerprint density at radius 3 is 3.00 bits per heavy atom. The molecule has 0 spiro atoms. The van der Waals surface area contributed by atoms with Crippen molar-refractivity contribution < 1.29 is 4.21 Å². The van der Waals surface area contributed by atoms with Crippen LogP contribution in [0.15, 0.2) is 41.6 Å². The molecule has 124 valence electrons. The van der Waals surface area contributed by atoms with Gasteiger partial charge in [0.1, 0.15) is 11.0 Å². The summed E-state index contributed by atoms with van der Waals surface area (Å²) in [6.07, 6.45) is 4.83. The Bertz CT molecular complexity index is 715. The molecule has 1 N–H and O–H groups in total. The smallest absolute Gasteiger partial charge is 0.128 e. The van der Waals surface area contributed by atoms with Gasteiger partial charge >= 0.3 is 0 Å². The summed E-state index contributed by atoms with van der Waals surface area (Å²) < 4.78 is 15.1. The fourth-order valence-electron chi connectivity index (χ4n) is 3.57. The van der Waals surface area contributed by atoms with Crippen LogP contribution in [0.5, 0.6) is 0 Å². The molecule has 3 atom stereocenters. The van der Waals surface area contributed by atoms with Crippen molar-refractivity contribution in [2.24, 2.45) is 5.92 Å². The van der Waals surface area contributed by atoms with Crippen molar-refractivity contribution in [2.45, 2.75) is 37.6 Å². The van der Waals surface area contributed by atoms with Gasteiger partial charge in [0.05, 0.1) is 4.90 Å². The predicted octanol–water partition coefficient (Wildman–Crippen LogP) is 2.97. The Labute approximate surface area is 140 Å². The number of likely N-dealkylation sites (N-methyl/N-ethyl adjacent to an activating group) is 1. The Morgan fingerprint density at radius 1 is 1.39 bits per heavy atom. The quantitative estimate of drug-likeness (QED) is 0.937. The van der Waals surface area contributed by atoms with Crippen molar-refractivity contribution in [3.05, 3.63) is 36.7 Å². The third-order valence-electron chi connectivity index (χ3n) is 4.71. The molecule has 0 radical (unpaired) electrons. The van der Waals surface area contributed by atoms with Gasteiger partial charge in [-0.2, -0.15) is 0 Å². The number of fused-ring (bicyclic) bond motifs is 2. The highest BCUT2D eigenvalue weighted by Crippen LogP contribution is 2.50. The van der Waals surface area contributed by atoms with Gasteiger partial charge in [-0.3, -0.25) is 4.98 Å². The van der Waals surface area contributed by atoms with E-state index >= 15 is 0 Å². The maximum absolute atomic E-state index is 13.0. The normalized spacial score (nSPS) is 27.2. The van der Waals surface area contributed by atoms with Crippen molar-refractivity contribution in [2.75, 3.05) is 19.6 Å². The third kappa shape index (κ3) is 2.93. The summed E-state index contributed by atoms with van der Waals surface area (Å²) in [6.45, 7) is 8.94. The lowest BCUT2D eigenvalue weighted by Crippen LogP contribution is -2.38. The van der Waals surface area contributed by atoms with Crippen LogP contribution in [0.4, 0.5) is 0 Å². The largest absolute Gasteiger partial charge is 0.310 e. The molecule has 3 unspecified atom stereocenters. The molecule has 1 aromatic carbocycles. The first-order chi connectivity index (χ1) is 11.2. The zero-order valence-electron chi connectivity index (χ0n) is 14.1. The van der Waals surface area contributed by atoms with E-state index < -0.39 is 11.0 Å². The molecule has 5 heteroatoms. The fraction of sp³-hybridized carbons (Fsp3) is 0.500. The first-order valence-electron chi connectivity index (χ1n) is 8.48. The molecule has 4 nitrogen and oxygen atoms in total. The molecule has 1 aliphatic carbocycles. The summed E-state index contributed by atoms with van der Waals surface area (Å²) in [5, 5.41) is 5.68.